The average molecular weight is 278 g/mol. The Kier molecular flexibility index (Phi) is 4.43. The molecule has 2 aliphatic rings. The fraction of sp³-hybridized carbons (Fsp3) is 0.429. The third-order valence-corrected chi connectivity index (χ3v) is 5.10. The average Bonchev–Trinajstić information content (AvgIpc) is 2.82. The quantitative estimate of drug-likeness (QED) is 0.619. The highest BCUT2D eigenvalue weighted by molar-refractivity contribution is 5.58. The summed E-state index contributed by atoms with van der Waals surface area (Å²) in [6.45, 7) is 6.62. The highest BCUT2D eigenvalue weighted by Crippen LogP contribution is 2.41. The largest absolute Gasteiger partial charge is 0.0943 e. The van der Waals surface area contributed by atoms with Gasteiger partial charge in [0.1, 0.15) is 0 Å². The summed E-state index contributed by atoms with van der Waals surface area (Å²) in [6.07, 6.45) is 13.2. The lowest BCUT2D eigenvalue weighted by molar-refractivity contribution is 0.361. The van der Waals surface area contributed by atoms with Gasteiger partial charge in [0.2, 0.25) is 0 Å². The van der Waals surface area contributed by atoms with Crippen LogP contribution in [-0.2, 0) is 0 Å². The fourth-order valence-electron chi connectivity index (χ4n) is 3.82. The van der Waals surface area contributed by atoms with E-state index in [2.05, 4.69) is 56.0 Å². The summed E-state index contributed by atoms with van der Waals surface area (Å²) in [7, 11) is 0. The smallest absolute Gasteiger partial charge is 0.0275 e. The maximum Gasteiger partial charge on any atom is 0.0275 e. The topological polar surface area (TPSA) is 0 Å². The van der Waals surface area contributed by atoms with Crippen LogP contribution in [-0.4, -0.2) is 0 Å². The van der Waals surface area contributed by atoms with Crippen molar-refractivity contribution in [2.75, 3.05) is 0 Å². The molecule has 0 bridgehead atoms. The molecule has 0 heteroatoms. The normalized spacial score (nSPS) is 25.4. The number of allylic oxidation sites excluding steroid dienone is 5. The molecule has 0 radical (unpaired) electrons. The third-order valence-electron chi connectivity index (χ3n) is 5.10. The van der Waals surface area contributed by atoms with E-state index in [9.17, 15) is 0 Å². The zero-order chi connectivity index (χ0) is 14.7. The van der Waals surface area contributed by atoms with Gasteiger partial charge in [-0.2, -0.15) is 0 Å². The van der Waals surface area contributed by atoms with Crippen LogP contribution < -0.4 is 0 Å². The predicted octanol–water partition coefficient (Wildman–Crippen LogP) is 6.18. The summed E-state index contributed by atoms with van der Waals surface area (Å²) in [4.78, 5) is 0. The van der Waals surface area contributed by atoms with Gasteiger partial charge in [-0.1, -0.05) is 81.2 Å². The minimum absolute atomic E-state index is 0.379. The molecule has 3 rings (SSSR count). The third kappa shape index (κ3) is 3.20. The van der Waals surface area contributed by atoms with Gasteiger partial charge in [0.25, 0.3) is 0 Å². The monoisotopic (exact) mass is 278 g/mol. The molecule has 110 valence electrons. The lowest BCUT2D eigenvalue weighted by atomic mass is 9.85. The summed E-state index contributed by atoms with van der Waals surface area (Å²) in [5.41, 5.74) is 5.47. The van der Waals surface area contributed by atoms with Gasteiger partial charge >= 0.3 is 0 Å². The van der Waals surface area contributed by atoms with Crippen molar-refractivity contribution >= 4 is 0 Å². The van der Waals surface area contributed by atoms with Crippen molar-refractivity contribution in [2.45, 2.75) is 51.4 Å². The molecule has 2 aliphatic carbocycles. The first kappa shape index (κ1) is 14.4. The second kappa shape index (κ2) is 6.47. The highest BCUT2D eigenvalue weighted by Gasteiger charge is 2.24. The van der Waals surface area contributed by atoms with Gasteiger partial charge in [-0.05, 0) is 41.5 Å². The number of rotatable bonds is 3. The van der Waals surface area contributed by atoms with Gasteiger partial charge in [0.05, 0.1) is 0 Å². The Bertz CT molecular complexity index is 553. The predicted molar refractivity (Wildman–Crippen MR) is 91.4 cm³/mol. The molecule has 0 aromatic heterocycles. The fourth-order valence-corrected chi connectivity index (χ4v) is 3.82. The van der Waals surface area contributed by atoms with Gasteiger partial charge in [0, 0.05) is 5.92 Å². The molecular weight excluding hydrogens is 252 g/mol. The molecule has 1 aromatic rings. The lowest BCUT2D eigenvalue weighted by Gasteiger charge is -2.20. The van der Waals surface area contributed by atoms with Crippen LogP contribution in [0, 0.1) is 5.92 Å². The van der Waals surface area contributed by atoms with Gasteiger partial charge in [-0.25, -0.2) is 0 Å². The first-order chi connectivity index (χ1) is 10.3. The van der Waals surface area contributed by atoms with Crippen molar-refractivity contribution in [3.8, 4) is 0 Å². The Labute approximate surface area is 129 Å². The minimum atomic E-state index is 0.379. The molecule has 0 nitrogen and oxygen atoms in total. The van der Waals surface area contributed by atoms with Crippen molar-refractivity contribution in [3.05, 3.63) is 71.3 Å². The Morgan fingerprint density at radius 3 is 2.52 bits per heavy atom. The summed E-state index contributed by atoms with van der Waals surface area (Å²) < 4.78 is 0. The number of benzene rings is 1. The summed E-state index contributed by atoms with van der Waals surface area (Å²) in [5.74, 6) is 1.28. The standard InChI is InChI=1S/C21H26/c1-16-15-21(19-11-7-4-8-12-19)17(2)20(16)14-13-18-9-5-3-6-10-18/h4,7-8,11-12,14-15,18,21H,2-3,5-6,9-10,13H2,1H3/b20-14+. The van der Waals surface area contributed by atoms with E-state index in [1.54, 1.807) is 0 Å². The van der Waals surface area contributed by atoms with Crippen molar-refractivity contribution in [3.63, 3.8) is 0 Å². The lowest BCUT2D eigenvalue weighted by Crippen LogP contribution is -2.05. The van der Waals surface area contributed by atoms with Gasteiger partial charge < -0.3 is 0 Å². The Hall–Kier alpha value is -1.56. The van der Waals surface area contributed by atoms with E-state index in [-0.39, 0.29) is 0 Å². The van der Waals surface area contributed by atoms with Gasteiger partial charge in [0.15, 0.2) is 0 Å². The zero-order valence-corrected chi connectivity index (χ0v) is 13.1. The molecule has 1 aromatic carbocycles. The van der Waals surface area contributed by atoms with Crippen LogP contribution >= 0.6 is 0 Å². The van der Waals surface area contributed by atoms with Crippen LogP contribution in [0.25, 0.3) is 0 Å². The van der Waals surface area contributed by atoms with Crippen molar-refractivity contribution in [2.24, 2.45) is 5.92 Å². The number of hydrogen-bond donors (Lipinski definition) is 0. The molecule has 0 heterocycles. The molecule has 1 atom stereocenters. The van der Waals surface area contributed by atoms with E-state index in [1.807, 2.05) is 0 Å². The maximum absolute atomic E-state index is 4.39. The van der Waals surface area contributed by atoms with Crippen molar-refractivity contribution in [1.82, 2.24) is 0 Å². The minimum Gasteiger partial charge on any atom is -0.0943 e. The van der Waals surface area contributed by atoms with Crippen LogP contribution in [0.2, 0.25) is 0 Å². The number of hydrogen-bond acceptors (Lipinski definition) is 0. The maximum atomic E-state index is 4.39. The second-order valence-electron chi connectivity index (χ2n) is 6.62. The second-order valence-corrected chi connectivity index (χ2v) is 6.62. The van der Waals surface area contributed by atoms with Crippen molar-refractivity contribution < 1.29 is 0 Å². The Morgan fingerprint density at radius 1 is 1.10 bits per heavy atom. The van der Waals surface area contributed by atoms with E-state index in [1.165, 1.54) is 60.8 Å². The van der Waals surface area contributed by atoms with Crippen LogP contribution in [0.3, 0.4) is 0 Å². The zero-order valence-electron chi connectivity index (χ0n) is 13.1. The van der Waals surface area contributed by atoms with Crippen LogP contribution in [0.1, 0.15) is 56.9 Å². The summed E-state index contributed by atoms with van der Waals surface area (Å²) >= 11 is 0. The molecular formula is C21H26. The van der Waals surface area contributed by atoms with E-state index in [0.717, 1.165) is 5.92 Å². The molecule has 0 N–H and O–H groups in total. The molecule has 0 saturated heterocycles. The SMILES string of the molecule is C=C1/C(=C/CC2CCCCC2)C(C)=CC1c1ccccc1. The molecule has 0 amide bonds. The molecule has 1 unspecified atom stereocenters. The molecule has 0 spiro atoms. The summed E-state index contributed by atoms with van der Waals surface area (Å²) in [6, 6.07) is 10.7. The van der Waals surface area contributed by atoms with Crippen LogP contribution in [0.5, 0.6) is 0 Å². The first-order valence-corrected chi connectivity index (χ1v) is 8.39. The van der Waals surface area contributed by atoms with Crippen LogP contribution in [0.4, 0.5) is 0 Å². The Balaban J connectivity index is 1.72. The molecule has 21 heavy (non-hydrogen) atoms. The summed E-state index contributed by atoms with van der Waals surface area (Å²) in [5, 5.41) is 0. The van der Waals surface area contributed by atoms with E-state index in [0.29, 0.717) is 5.92 Å². The van der Waals surface area contributed by atoms with E-state index >= 15 is 0 Å². The van der Waals surface area contributed by atoms with Crippen molar-refractivity contribution in [1.29, 1.82) is 0 Å². The molecule has 1 fully saturated rings. The van der Waals surface area contributed by atoms with Gasteiger partial charge in [-0.3, -0.25) is 0 Å². The van der Waals surface area contributed by atoms with Crippen LogP contribution in [0.15, 0.2) is 65.8 Å². The van der Waals surface area contributed by atoms with E-state index in [4.69, 9.17) is 0 Å². The van der Waals surface area contributed by atoms with E-state index < -0.39 is 0 Å². The molecule has 0 aliphatic heterocycles. The first-order valence-electron chi connectivity index (χ1n) is 8.39. The van der Waals surface area contributed by atoms with Gasteiger partial charge in [-0.15, -0.1) is 0 Å². The highest BCUT2D eigenvalue weighted by atomic mass is 14.3. The Morgan fingerprint density at radius 2 is 1.81 bits per heavy atom. The molecule has 1 saturated carbocycles.